The van der Waals surface area contributed by atoms with Gasteiger partial charge in [-0.2, -0.15) is 5.10 Å². The van der Waals surface area contributed by atoms with Gasteiger partial charge in [-0.15, -0.1) is 0 Å². The Bertz CT molecular complexity index is 857. The first kappa shape index (κ1) is 19.1. The van der Waals surface area contributed by atoms with Gasteiger partial charge in [0.05, 0.1) is 18.8 Å². The molecular weight excluding hydrogens is 342 g/mol. The number of nitrogens with zero attached hydrogens (tertiary/aromatic N) is 3. The second-order valence-corrected chi connectivity index (χ2v) is 8.00. The lowest BCUT2D eigenvalue weighted by Gasteiger charge is -2.33. The lowest BCUT2D eigenvalue weighted by molar-refractivity contribution is 0.0687. The van der Waals surface area contributed by atoms with Crippen molar-refractivity contribution in [3.8, 4) is 5.75 Å². The predicted molar refractivity (Wildman–Crippen MR) is 104 cm³/mol. The summed E-state index contributed by atoms with van der Waals surface area (Å²) in [6.07, 6.45) is 1.45. The van der Waals surface area contributed by atoms with Crippen molar-refractivity contribution in [2.75, 3.05) is 20.2 Å². The van der Waals surface area contributed by atoms with Crippen LogP contribution in [0.5, 0.6) is 5.75 Å². The van der Waals surface area contributed by atoms with Crippen molar-refractivity contribution < 1.29 is 9.53 Å². The van der Waals surface area contributed by atoms with Crippen molar-refractivity contribution in [1.29, 1.82) is 0 Å². The second kappa shape index (κ2) is 7.55. The van der Waals surface area contributed by atoms with E-state index in [1.165, 1.54) is 0 Å². The summed E-state index contributed by atoms with van der Waals surface area (Å²) in [7, 11) is 1.60. The molecule has 1 saturated heterocycles. The fraction of sp³-hybridized carbons (Fsp3) is 0.476. The molecule has 0 unspecified atom stereocenters. The van der Waals surface area contributed by atoms with Gasteiger partial charge in [-0.3, -0.25) is 9.59 Å². The Kier molecular flexibility index (Phi) is 5.35. The van der Waals surface area contributed by atoms with Gasteiger partial charge in [0, 0.05) is 30.1 Å². The summed E-state index contributed by atoms with van der Waals surface area (Å²) in [5, 5.41) is 4.60. The third-order valence-corrected chi connectivity index (χ3v) is 5.03. The molecule has 0 spiro atoms. The van der Waals surface area contributed by atoms with E-state index in [4.69, 9.17) is 4.74 Å². The largest absolute Gasteiger partial charge is 0.497 e. The number of benzene rings is 1. The predicted octanol–water partition coefficient (Wildman–Crippen LogP) is 3.03. The van der Waals surface area contributed by atoms with E-state index >= 15 is 0 Å². The number of carbonyl (C=O) groups excluding carboxylic acids is 1. The quantitative estimate of drug-likeness (QED) is 0.834. The van der Waals surface area contributed by atoms with Gasteiger partial charge in [0.1, 0.15) is 5.75 Å². The lowest BCUT2D eigenvalue weighted by atomic mass is 9.92. The Balaban J connectivity index is 1.70. The first-order valence-corrected chi connectivity index (χ1v) is 9.33. The van der Waals surface area contributed by atoms with E-state index in [2.05, 4.69) is 25.9 Å². The van der Waals surface area contributed by atoms with E-state index in [1.807, 2.05) is 4.90 Å². The molecule has 6 nitrogen and oxygen atoms in total. The Hall–Kier alpha value is -2.63. The Morgan fingerprint density at radius 2 is 1.70 bits per heavy atom. The average Bonchev–Trinajstić information content (AvgIpc) is 2.67. The maximum Gasteiger partial charge on any atom is 0.267 e. The van der Waals surface area contributed by atoms with Crippen molar-refractivity contribution in [3.05, 3.63) is 58.0 Å². The highest BCUT2D eigenvalue weighted by atomic mass is 16.5. The zero-order valence-electron chi connectivity index (χ0n) is 16.4. The normalized spacial score (nSPS) is 15.6. The number of hydrogen-bond acceptors (Lipinski definition) is 4. The number of carbonyl (C=O) groups is 1. The molecule has 6 heteroatoms. The van der Waals surface area contributed by atoms with E-state index < -0.39 is 0 Å². The maximum atomic E-state index is 12.7. The Morgan fingerprint density at radius 3 is 2.26 bits per heavy atom. The van der Waals surface area contributed by atoms with Crippen LogP contribution >= 0.6 is 0 Å². The van der Waals surface area contributed by atoms with Gasteiger partial charge in [0.25, 0.3) is 11.5 Å². The van der Waals surface area contributed by atoms with E-state index in [0.29, 0.717) is 18.7 Å². The second-order valence-electron chi connectivity index (χ2n) is 8.00. The van der Waals surface area contributed by atoms with Gasteiger partial charge in [0.2, 0.25) is 0 Å². The average molecular weight is 369 g/mol. The number of hydrogen-bond donors (Lipinski definition) is 0. The zero-order valence-corrected chi connectivity index (χ0v) is 16.4. The molecule has 144 valence electrons. The maximum absolute atomic E-state index is 12.7. The number of piperidine rings is 1. The molecule has 0 saturated carbocycles. The van der Waals surface area contributed by atoms with Crippen molar-refractivity contribution in [3.63, 3.8) is 0 Å². The molecule has 0 atom stereocenters. The van der Waals surface area contributed by atoms with Crippen LogP contribution in [0.15, 0.2) is 41.2 Å². The Labute approximate surface area is 159 Å². The third kappa shape index (κ3) is 4.21. The molecule has 3 rings (SSSR count). The molecule has 1 aromatic heterocycles. The summed E-state index contributed by atoms with van der Waals surface area (Å²) in [4.78, 5) is 26.8. The van der Waals surface area contributed by atoms with Crippen LogP contribution in [0.1, 0.15) is 55.7 Å². The minimum absolute atomic E-state index is 0.0138. The van der Waals surface area contributed by atoms with E-state index in [0.717, 1.165) is 24.3 Å². The number of methoxy groups -OCH3 is 1. The number of ether oxygens (including phenoxy) is 1. The summed E-state index contributed by atoms with van der Waals surface area (Å²) < 4.78 is 6.74. The highest BCUT2D eigenvalue weighted by molar-refractivity contribution is 5.94. The van der Waals surface area contributed by atoms with Gasteiger partial charge in [0.15, 0.2) is 0 Å². The minimum Gasteiger partial charge on any atom is -0.497 e. The fourth-order valence-corrected chi connectivity index (χ4v) is 3.32. The van der Waals surface area contributed by atoms with E-state index in [9.17, 15) is 9.59 Å². The summed E-state index contributed by atoms with van der Waals surface area (Å²) in [5.41, 5.74) is 1.36. The topological polar surface area (TPSA) is 64.4 Å². The minimum atomic E-state index is -0.111. The van der Waals surface area contributed by atoms with Crippen LogP contribution in [-0.2, 0) is 5.41 Å². The molecule has 2 heterocycles. The molecule has 1 aliphatic rings. The molecule has 1 fully saturated rings. The molecule has 1 aromatic carbocycles. The first-order valence-electron chi connectivity index (χ1n) is 9.33. The molecule has 1 amide bonds. The first-order chi connectivity index (χ1) is 12.8. The molecule has 1 aliphatic heterocycles. The molecule has 27 heavy (non-hydrogen) atoms. The number of rotatable bonds is 3. The molecule has 0 N–H and O–H groups in total. The monoisotopic (exact) mass is 369 g/mol. The van der Waals surface area contributed by atoms with Crippen LogP contribution in [0.4, 0.5) is 0 Å². The van der Waals surface area contributed by atoms with Crippen LogP contribution in [0, 0.1) is 0 Å². The molecular formula is C21H27N3O3. The third-order valence-electron chi connectivity index (χ3n) is 5.03. The van der Waals surface area contributed by atoms with Gasteiger partial charge < -0.3 is 9.64 Å². The number of aromatic nitrogens is 2. The molecule has 0 aliphatic carbocycles. The molecule has 0 bridgehead atoms. The standard InChI is InChI=1S/C21H27N3O3/c1-21(2,3)18-9-10-19(25)24(22-18)16-11-13-23(14-12-16)20(26)15-5-7-17(27-4)8-6-15/h5-10,16H,11-14H2,1-4H3. The SMILES string of the molecule is COc1ccc(C(=O)N2CCC(n3nc(C(C)(C)C)ccc3=O)CC2)cc1. The molecule has 2 aromatic rings. The summed E-state index contributed by atoms with van der Waals surface area (Å²) in [6, 6.07) is 10.6. The number of likely N-dealkylation sites (tertiary alicyclic amines) is 1. The number of amides is 1. The highest BCUT2D eigenvalue weighted by Gasteiger charge is 2.27. The van der Waals surface area contributed by atoms with Crippen LogP contribution < -0.4 is 10.3 Å². The van der Waals surface area contributed by atoms with Crippen LogP contribution in [-0.4, -0.2) is 40.8 Å². The van der Waals surface area contributed by atoms with Crippen molar-refractivity contribution >= 4 is 5.91 Å². The summed E-state index contributed by atoms with van der Waals surface area (Å²) >= 11 is 0. The Morgan fingerprint density at radius 1 is 1.07 bits per heavy atom. The van der Waals surface area contributed by atoms with Crippen molar-refractivity contribution in [1.82, 2.24) is 14.7 Å². The molecule has 0 radical (unpaired) electrons. The van der Waals surface area contributed by atoms with Gasteiger partial charge in [-0.1, -0.05) is 20.8 Å². The summed E-state index contributed by atoms with van der Waals surface area (Å²) in [6.45, 7) is 7.48. The van der Waals surface area contributed by atoms with Gasteiger partial charge in [-0.25, -0.2) is 4.68 Å². The zero-order chi connectivity index (χ0) is 19.6. The lowest BCUT2D eigenvalue weighted by Crippen LogP contribution is -2.41. The smallest absolute Gasteiger partial charge is 0.267 e. The van der Waals surface area contributed by atoms with Gasteiger partial charge >= 0.3 is 0 Å². The van der Waals surface area contributed by atoms with Crippen molar-refractivity contribution in [2.45, 2.75) is 45.1 Å². The van der Waals surface area contributed by atoms with Crippen LogP contribution in [0.3, 0.4) is 0 Å². The van der Waals surface area contributed by atoms with E-state index in [-0.39, 0.29) is 22.9 Å². The van der Waals surface area contributed by atoms with Gasteiger partial charge in [-0.05, 0) is 43.2 Å². The van der Waals surface area contributed by atoms with Crippen LogP contribution in [0.2, 0.25) is 0 Å². The van der Waals surface area contributed by atoms with Crippen molar-refractivity contribution in [2.24, 2.45) is 0 Å². The van der Waals surface area contributed by atoms with Crippen LogP contribution in [0.25, 0.3) is 0 Å². The van der Waals surface area contributed by atoms with E-state index in [1.54, 1.807) is 48.2 Å². The summed E-state index contributed by atoms with van der Waals surface area (Å²) in [5.74, 6) is 0.745. The fourth-order valence-electron chi connectivity index (χ4n) is 3.32. The highest BCUT2D eigenvalue weighted by Crippen LogP contribution is 2.24.